The molecule has 0 unspecified atom stereocenters. The van der Waals surface area contributed by atoms with Crippen molar-refractivity contribution in [1.29, 1.82) is 0 Å². The highest BCUT2D eigenvalue weighted by Gasteiger charge is 2.12. The highest BCUT2D eigenvalue weighted by atomic mass is 28.4. The van der Waals surface area contributed by atoms with E-state index in [9.17, 15) is 0 Å². The molecule has 0 radical (unpaired) electrons. The maximum absolute atomic E-state index is 5.70. The van der Waals surface area contributed by atoms with Crippen molar-refractivity contribution in [3.8, 4) is 0 Å². The first-order valence-electron chi connectivity index (χ1n) is 5.60. The Labute approximate surface area is 102 Å². The Hall–Kier alpha value is -1.68. The van der Waals surface area contributed by atoms with Gasteiger partial charge in [-0.25, -0.2) is 9.97 Å². The van der Waals surface area contributed by atoms with Gasteiger partial charge in [-0.2, -0.15) is 0 Å². The maximum atomic E-state index is 5.70. The topological polar surface area (TPSA) is 35.0 Å². The average Bonchev–Trinajstić information content (AvgIpc) is 2.28. The number of hydrogen-bond acceptors (Lipinski definition) is 3. The van der Waals surface area contributed by atoms with E-state index in [1.54, 1.807) is 18.7 Å². The van der Waals surface area contributed by atoms with Gasteiger partial charge in [-0.1, -0.05) is 0 Å². The number of pyridine rings is 2. The molecule has 0 saturated heterocycles. The molecule has 0 aromatic carbocycles. The molecule has 0 atom stereocenters. The second-order valence-corrected chi connectivity index (χ2v) is 9.27. The van der Waals surface area contributed by atoms with Crippen LogP contribution in [0, 0.1) is 0 Å². The summed E-state index contributed by atoms with van der Waals surface area (Å²) in [6.45, 7) is 6.47. The summed E-state index contributed by atoms with van der Waals surface area (Å²) in [6.07, 6.45) is 7.28. The van der Waals surface area contributed by atoms with E-state index in [4.69, 9.17) is 4.43 Å². The van der Waals surface area contributed by atoms with E-state index < -0.39 is 8.32 Å². The molecular formula is C13H16N2OSi. The Kier molecular flexibility index (Phi) is 3.24. The Morgan fingerprint density at radius 2 is 1.88 bits per heavy atom. The summed E-state index contributed by atoms with van der Waals surface area (Å²) in [5.74, 6) is 0. The summed E-state index contributed by atoms with van der Waals surface area (Å²) in [5, 5.41) is 1.05. The van der Waals surface area contributed by atoms with E-state index in [-0.39, 0.29) is 0 Å². The Bertz CT molecular complexity index is 541. The van der Waals surface area contributed by atoms with Crippen molar-refractivity contribution < 1.29 is 4.43 Å². The van der Waals surface area contributed by atoms with Crippen LogP contribution in [-0.4, -0.2) is 18.3 Å². The second-order valence-electron chi connectivity index (χ2n) is 4.81. The minimum Gasteiger partial charge on any atom is -0.550 e. The third kappa shape index (κ3) is 3.14. The normalized spacial score (nSPS) is 12.2. The molecule has 2 heterocycles. The van der Waals surface area contributed by atoms with Crippen LogP contribution in [0.2, 0.25) is 19.6 Å². The molecule has 0 saturated carbocycles. The van der Waals surface area contributed by atoms with Crippen molar-refractivity contribution >= 4 is 25.4 Å². The monoisotopic (exact) mass is 244 g/mol. The van der Waals surface area contributed by atoms with Gasteiger partial charge in [0.25, 0.3) is 0 Å². The fraction of sp³-hybridized carbons (Fsp3) is 0.231. The summed E-state index contributed by atoms with van der Waals surface area (Å²) >= 11 is 0. The number of nitrogens with zero attached hydrogens (tertiary/aromatic N) is 2. The van der Waals surface area contributed by atoms with E-state index >= 15 is 0 Å². The smallest absolute Gasteiger partial charge is 0.241 e. The molecule has 0 bridgehead atoms. The summed E-state index contributed by atoms with van der Waals surface area (Å²) in [5.41, 5.74) is 1.85. The van der Waals surface area contributed by atoms with Gasteiger partial charge < -0.3 is 4.43 Å². The van der Waals surface area contributed by atoms with E-state index in [0.29, 0.717) is 0 Å². The largest absolute Gasteiger partial charge is 0.550 e. The van der Waals surface area contributed by atoms with Gasteiger partial charge in [0.05, 0.1) is 6.26 Å². The average molecular weight is 244 g/mol. The Balaban J connectivity index is 2.30. The lowest BCUT2D eigenvalue weighted by molar-refractivity contribution is 0.484. The van der Waals surface area contributed by atoms with Gasteiger partial charge in [0.15, 0.2) is 5.65 Å². The predicted molar refractivity (Wildman–Crippen MR) is 73.0 cm³/mol. The Morgan fingerprint density at radius 3 is 2.65 bits per heavy atom. The zero-order valence-corrected chi connectivity index (χ0v) is 11.3. The summed E-state index contributed by atoms with van der Waals surface area (Å²) in [4.78, 5) is 8.44. The minimum absolute atomic E-state index is 0.766. The van der Waals surface area contributed by atoms with Crippen LogP contribution in [0.3, 0.4) is 0 Å². The first kappa shape index (κ1) is 11.8. The van der Waals surface area contributed by atoms with Crippen LogP contribution in [0.15, 0.2) is 36.9 Å². The molecule has 0 fully saturated rings. The van der Waals surface area contributed by atoms with Crippen molar-refractivity contribution in [1.82, 2.24) is 9.97 Å². The minimum atomic E-state index is -1.50. The first-order chi connectivity index (χ1) is 8.06. The van der Waals surface area contributed by atoms with Gasteiger partial charge in [-0.15, -0.1) is 0 Å². The zero-order chi connectivity index (χ0) is 12.3. The predicted octanol–water partition coefficient (Wildman–Crippen LogP) is 3.45. The third-order valence-electron chi connectivity index (χ3n) is 2.22. The van der Waals surface area contributed by atoms with Crippen LogP contribution in [0.5, 0.6) is 0 Å². The highest BCUT2D eigenvalue weighted by molar-refractivity contribution is 6.69. The summed E-state index contributed by atoms with van der Waals surface area (Å²) in [7, 11) is -1.50. The van der Waals surface area contributed by atoms with Gasteiger partial charge in [-0.3, -0.25) is 0 Å². The van der Waals surface area contributed by atoms with Crippen molar-refractivity contribution in [2.75, 3.05) is 0 Å². The SMILES string of the molecule is C[Si](C)(C)O/C=C/c1ccnc2ncccc12. The molecule has 88 valence electrons. The number of hydrogen-bond donors (Lipinski definition) is 0. The van der Waals surface area contributed by atoms with Gasteiger partial charge in [0.2, 0.25) is 8.32 Å². The van der Waals surface area contributed by atoms with Crippen molar-refractivity contribution in [3.63, 3.8) is 0 Å². The molecule has 17 heavy (non-hydrogen) atoms. The van der Waals surface area contributed by atoms with E-state index in [2.05, 4.69) is 29.6 Å². The summed E-state index contributed by atoms with van der Waals surface area (Å²) in [6, 6.07) is 5.90. The molecule has 0 spiro atoms. The third-order valence-corrected chi connectivity index (χ3v) is 3.06. The number of fused-ring (bicyclic) bond motifs is 1. The molecule has 2 aromatic rings. The van der Waals surface area contributed by atoms with Crippen LogP contribution in [-0.2, 0) is 4.43 Å². The van der Waals surface area contributed by atoms with E-state index in [1.807, 2.05) is 24.3 Å². The molecule has 0 aliphatic heterocycles. The molecule has 0 aliphatic rings. The fourth-order valence-corrected chi connectivity index (χ4v) is 1.94. The van der Waals surface area contributed by atoms with Crippen LogP contribution in [0.1, 0.15) is 5.56 Å². The first-order valence-corrected chi connectivity index (χ1v) is 9.01. The van der Waals surface area contributed by atoms with Crippen LogP contribution >= 0.6 is 0 Å². The number of rotatable bonds is 3. The molecule has 3 nitrogen and oxygen atoms in total. The van der Waals surface area contributed by atoms with Crippen molar-refractivity contribution in [2.24, 2.45) is 0 Å². The van der Waals surface area contributed by atoms with E-state index in [0.717, 1.165) is 16.6 Å². The van der Waals surface area contributed by atoms with Crippen LogP contribution in [0.25, 0.3) is 17.1 Å². The molecule has 2 rings (SSSR count). The zero-order valence-electron chi connectivity index (χ0n) is 10.3. The van der Waals surface area contributed by atoms with E-state index in [1.165, 1.54) is 0 Å². The second kappa shape index (κ2) is 4.67. The van der Waals surface area contributed by atoms with Crippen molar-refractivity contribution in [2.45, 2.75) is 19.6 Å². The van der Waals surface area contributed by atoms with Crippen LogP contribution in [0.4, 0.5) is 0 Å². The highest BCUT2D eigenvalue weighted by Crippen LogP contribution is 2.16. The molecular weight excluding hydrogens is 228 g/mol. The lowest BCUT2D eigenvalue weighted by Crippen LogP contribution is -2.21. The lowest BCUT2D eigenvalue weighted by atomic mass is 10.1. The van der Waals surface area contributed by atoms with Crippen molar-refractivity contribution in [3.05, 3.63) is 42.4 Å². The van der Waals surface area contributed by atoms with Gasteiger partial charge in [0, 0.05) is 17.8 Å². The maximum Gasteiger partial charge on any atom is 0.241 e. The van der Waals surface area contributed by atoms with Gasteiger partial charge >= 0.3 is 0 Å². The quantitative estimate of drug-likeness (QED) is 0.612. The summed E-state index contributed by atoms with van der Waals surface area (Å²) < 4.78 is 5.70. The lowest BCUT2D eigenvalue weighted by Gasteiger charge is -2.14. The molecule has 0 aliphatic carbocycles. The van der Waals surface area contributed by atoms with Gasteiger partial charge in [-0.05, 0) is 49.5 Å². The fourth-order valence-electron chi connectivity index (χ4n) is 1.46. The standard InChI is InChI=1S/C13H16N2OSi/c1-17(2,3)16-10-7-11-6-9-15-13-12(11)5-4-8-14-13/h4-10H,1-3H3/b10-7+. The van der Waals surface area contributed by atoms with Gasteiger partial charge in [0.1, 0.15) is 0 Å². The number of aromatic nitrogens is 2. The van der Waals surface area contributed by atoms with Crippen LogP contribution < -0.4 is 0 Å². The molecule has 0 N–H and O–H groups in total. The molecule has 2 aromatic heterocycles. The molecule has 4 heteroatoms. The molecule has 0 amide bonds. The Morgan fingerprint density at radius 1 is 1.12 bits per heavy atom.